The predicted octanol–water partition coefficient (Wildman–Crippen LogP) is 3.17. The van der Waals surface area contributed by atoms with Gasteiger partial charge in [0, 0.05) is 11.8 Å². The molecule has 0 saturated heterocycles. The van der Waals surface area contributed by atoms with Crippen LogP contribution in [0.2, 0.25) is 5.02 Å². The van der Waals surface area contributed by atoms with Crippen LogP contribution in [-0.2, 0) is 15.6 Å². The SMILES string of the molecule is Nc1ccc(Cl)c(S(=O)(=O)Cc2cc(F)cc(F)c2)c1. The molecule has 7 heteroatoms. The fourth-order valence-corrected chi connectivity index (χ4v) is 3.66. The summed E-state index contributed by atoms with van der Waals surface area (Å²) < 4.78 is 50.6. The van der Waals surface area contributed by atoms with E-state index < -0.39 is 27.2 Å². The Labute approximate surface area is 119 Å². The summed E-state index contributed by atoms with van der Waals surface area (Å²) >= 11 is 5.83. The lowest BCUT2D eigenvalue weighted by Crippen LogP contribution is -2.07. The van der Waals surface area contributed by atoms with Gasteiger partial charge < -0.3 is 5.73 Å². The van der Waals surface area contributed by atoms with Gasteiger partial charge in [0.2, 0.25) is 0 Å². The Morgan fingerprint density at radius 2 is 1.65 bits per heavy atom. The van der Waals surface area contributed by atoms with Crippen LogP contribution in [-0.4, -0.2) is 8.42 Å². The van der Waals surface area contributed by atoms with Crippen molar-refractivity contribution >= 4 is 27.1 Å². The average molecular weight is 318 g/mol. The van der Waals surface area contributed by atoms with Gasteiger partial charge in [0.05, 0.1) is 15.7 Å². The van der Waals surface area contributed by atoms with Gasteiger partial charge in [0.15, 0.2) is 9.84 Å². The van der Waals surface area contributed by atoms with E-state index in [0.29, 0.717) is 6.07 Å². The molecular formula is C13H10ClF2NO2S. The van der Waals surface area contributed by atoms with Gasteiger partial charge in [0.1, 0.15) is 11.6 Å². The predicted molar refractivity (Wildman–Crippen MR) is 73.1 cm³/mol. The third kappa shape index (κ3) is 3.26. The number of rotatable bonds is 3. The molecule has 0 aliphatic rings. The second-order valence-electron chi connectivity index (χ2n) is 4.23. The first-order valence-corrected chi connectivity index (χ1v) is 7.54. The molecule has 0 radical (unpaired) electrons. The Kier molecular flexibility index (Phi) is 3.96. The van der Waals surface area contributed by atoms with Crippen LogP contribution in [0.25, 0.3) is 0 Å². The molecule has 20 heavy (non-hydrogen) atoms. The van der Waals surface area contributed by atoms with Gasteiger partial charge >= 0.3 is 0 Å². The Hall–Kier alpha value is -1.66. The van der Waals surface area contributed by atoms with E-state index in [1.54, 1.807) is 0 Å². The molecule has 0 amide bonds. The highest BCUT2D eigenvalue weighted by Gasteiger charge is 2.20. The summed E-state index contributed by atoms with van der Waals surface area (Å²) in [4.78, 5) is -0.163. The number of hydrogen-bond donors (Lipinski definition) is 1. The van der Waals surface area contributed by atoms with Gasteiger partial charge in [-0.15, -0.1) is 0 Å². The third-order valence-corrected chi connectivity index (χ3v) is 4.73. The van der Waals surface area contributed by atoms with Crippen LogP contribution in [0.4, 0.5) is 14.5 Å². The minimum atomic E-state index is -3.85. The summed E-state index contributed by atoms with van der Waals surface area (Å²) in [6, 6.07) is 6.62. The van der Waals surface area contributed by atoms with Crippen LogP contribution in [0.1, 0.15) is 5.56 Å². The summed E-state index contributed by atoms with van der Waals surface area (Å²) in [5.41, 5.74) is 5.76. The van der Waals surface area contributed by atoms with Crippen LogP contribution in [0.3, 0.4) is 0 Å². The molecule has 2 N–H and O–H groups in total. The highest BCUT2D eigenvalue weighted by molar-refractivity contribution is 7.90. The van der Waals surface area contributed by atoms with Crippen LogP contribution in [0.5, 0.6) is 0 Å². The number of benzene rings is 2. The topological polar surface area (TPSA) is 60.2 Å². The Bertz CT molecular complexity index is 743. The van der Waals surface area contributed by atoms with Crippen molar-refractivity contribution in [1.82, 2.24) is 0 Å². The van der Waals surface area contributed by atoms with Crippen molar-refractivity contribution < 1.29 is 17.2 Å². The maximum absolute atomic E-state index is 13.1. The molecule has 2 rings (SSSR count). The molecule has 2 aromatic rings. The minimum Gasteiger partial charge on any atom is -0.399 e. The normalized spacial score (nSPS) is 11.6. The molecular weight excluding hydrogens is 308 g/mol. The standard InChI is InChI=1S/C13H10ClF2NO2S/c14-12-2-1-11(17)6-13(12)20(18,19)7-8-3-9(15)5-10(16)4-8/h1-6H,7,17H2. The number of halogens is 3. The van der Waals surface area contributed by atoms with Gasteiger partial charge in [-0.25, -0.2) is 17.2 Å². The summed E-state index contributed by atoms with van der Waals surface area (Å²) in [6.45, 7) is 0. The first-order valence-electron chi connectivity index (χ1n) is 5.51. The Balaban J connectivity index is 2.43. The van der Waals surface area contributed by atoms with Gasteiger partial charge in [-0.1, -0.05) is 11.6 Å². The lowest BCUT2D eigenvalue weighted by molar-refractivity contribution is 0.579. The van der Waals surface area contributed by atoms with Crippen molar-refractivity contribution in [3.05, 3.63) is 58.6 Å². The van der Waals surface area contributed by atoms with E-state index in [1.807, 2.05) is 0 Å². The second kappa shape index (κ2) is 5.38. The molecule has 106 valence electrons. The van der Waals surface area contributed by atoms with Crippen LogP contribution in [0, 0.1) is 11.6 Å². The van der Waals surface area contributed by atoms with Crippen molar-refractivity contribution in [2.45, 2.75) is 10.6 Å². The van der Waals surface area contributed by atoms with E-state index in [9.17, 15) is 17.2 Å². The molecule has 0 fully saturated rings. The third-order valence-electron chi connectivity index (χ3n) is 2.57. The number of nitrogens with two attached hydrogens (primary N) is 1. The molecule has 0 atom stereocenters. The summed E-state index contributed by atoms with van der Waals surface area (Å²) in [5.74, 6) is -2.24. The monoisotopic (exact) mass is 317 g/mol. The number of anilines is 1. The van der Waals surface area contributed by atoms with Crippen LogP contribution in [0.15, 0.2) is 41.3 Å². The van der Waals surface area contributed by atoms with E-state index in [-0.39, 0.29) is 21.2 Å². The van der Waals surface area contributed by atoms with Gasteiger partial charge in [0.25, 0.3) is 0 Å². The quantitative estimate of drug-likeness (QED) is 0.884. The summed E-state index contributed by atoms with van der Waals surface area (Å²) in [7, 11) is -3.85. The molecule has 0 heterocycles. The van der Waals surface area contributed by atoms with Crippen molar-refractivity contribution in [3.8, 4) is 0 Å². The van der Waals surface area contributed by atoms with E-state index in [2.05, 4.69) is 0 Å². The largest absolute Gasteiger partial charge is 0.399 e. The molecule has 0 unspecified atom stereocenters. The van der Waals surface area contributed by atoms with Gasteiger partial charge in [-0.05, 0) is 35.9 Å². The zero-order valence-electron chi connectivity index (χ0n) is 10.1. The van der Waals surface area contributed by atoms with Crippen LogP contribution < -0.4 is 5.73 Å². The van der Waals surface area contributed by atoms with Crippen molar-refractivity contribution in [1.29, 1.82) is 0 Å². The zero-order valence-corrected chi connectivity index (χ0v) is 11.7. The first kappa shape index (κ1) is 14.7. The summed E-state index contributed by atoms with van der Waals surface area (Å²) in [6.07, 6.45) is 0. The first-order chi connectivity index (χ1) is 9.28. The number of hydrogen-bond acceptors (Lipinski definition) is 3. The molecule has 0 saturated carbocycles. The van der Waals surface area contributed by atoms with Crippen molar-refractivity contribution in [2.24, 2.45) is 0 Å². The molecule has 0 spiro atoms. The number of sulfone groups is 1. The van der Waals surface area contributed by atoms with E-state index in [4.69, 9.17) is 17.3 Å². The van der Waals surface area contributed by atoms with E-state index in [1.165, 1.54) is 18.2 Å². The Morgan fingerprint density at radius 1 is 1.05 bits per heavy atom. The summed E-state index contributed by atoms with van der Waals surface area (Å²) in [5, 5.41) is 0.0103. The van der Waals surface area contributed by atoms with Crippen molar-refractivity contribution in [3.63, 3.8) is 0 Å². The second-order valence-corrected chi connectivity index (χ2v) is 6.59. The molecule has 0 aromatic heterocycles. The Morgan fingerprint density at radius 3 is 2.25 bits per heavy atom. The highest BCUT2D eigenvalue weighted by atomic mass is 35.5. The molecule has 0 aliphatic carbocycles. The fourth-order valence-electron chi connectivity index (χ4n) is 1.75. The molecule has 0 aliphatic heterocycles. The van der Waals surface area contributed by atoms with Gasteiger partial charge in [-0.3, -0.25) is 0 Å². The smallest absolute Gasteiger partial charge is 0.184 e. The maximum Gasteiger partial charge on any atom is 0.184 e. The number of nitrogen functional groups attached to an aromatic ring is 1. The molecule has 3 nitrogen and oxygen atoms in total. The van der Waals surface area contributed by atoms with E-state index >= 15 is 0 Å². The molecule has 0 bridgehead atoms. The fraction of sp³-hybridized carbons (Fsp3) is 0.0769. The minimum absolute atomic E-state index is 0.000918. The van der Waals surface area contributed by atoms with Crippen molar-refractivity contribution in [2.75, 3.05) is 5.73 Å². The molecule has 2 aromatic carbocycles. The highest BCUT2D eigenvalue weighted by Crippen LogP contribution is 2.27. The lowest BCUT2D eigenvalue weighted by Gasteiger charge is -2.08. The average Bonchev–Trinajstić information content (AvgIpc) is 2.30. The zero-order chi connectivity index (χ0) is 14.9. The van der Waals surface area contributed by atoms with Crippen LogP contribution >= 0.6 is 11.6 Å². The lowest BCUT2D eigenvalue weighted by atomic mass is 10.2. The maximum atomic E-state index is 13.1. The van der Waals surface area contributed by atoms with E-state index in [0.717, 1.165) is 12.1 Å². The van der Waals surface area contributed by atoms with Gasteiger partial charge in [-0.2, -0.15) is 0 Å².